The summed E-state index contributed by atoms with van der Waals surface area (Å²) in [5.41, 5.74) is 1.94. The number of aliphatic hydroxyl groups is 2. The average molecular weight is 359 g/mol. The summed E-state index contributed by atoms with van der Waals surface area (Å²) in [5.74, 6) is 0. The smallest absolute Gasteiger partial charge is 0.0940 e. The SMILES string of the molecule is CC(C)(O)C(C)(O)Cc1cccc2c1c1ccccc1n2-c1ccccc1. The minimum Gasteiger partial charge on any atom is -0.387 e. The van der Waals surface area contributed by atoms with Crippen molar-refractivity contribution in [2.24, 2.45) is 0 Å². The van der Waals surface area contributed by atoms with Crippen LogP contribution in [-0.4, -0.2) is 26.0 Å². The predicted molar refractivity (Wildman–Crippen MR) is 111 cm³/mol. The lowest BCUT2D eigenvalue weighted by atomic mass is 9.81. The van der Waals surface area contributed by atoms with Crippen LogP contribution in [-0.2, 0) is 6.42 Å². The predicted octanol–water partition coefficient (Wildman–Crippen LogP) is 4.85. The van der Waals surface area contributed by atoms with E-state index in [0.29, 0.717) is 6.42 Å². The van der Waals surface area contributed by atoms with Gasteiger partial charge in [-0.2, -0.15) is 0 Å². The highest BCUT2D eigenvalue weighted by Gasteiger charge is 2.38. The van der Waals surface area contributed by atoms with E-state index in [9.17, 15) is 10.2 Å². The topological polar surface area (TPSA) is 45.4 Å². The quantitative estimate of drug-likeness (QED) is 0.547. The van der Waals surface area contributed by atoms with Gasteiger partial charge in [-0.15, -0.1) is 0 Å². The maximum absolute atomic E-state index is 10.9. The van der Waals surface area contributed by atoms with E-state index in [1.54, 1.807) is 20.8 Å². The van der Waals surface area contributed by atoms with Gasteiger partial charge in [0, 0.05) is 22.9 Å². The number of hydrogen-bond donors (Lipinski definition) is 2. The monoisotopic (exact) mass is 359 g/mol. The molecule has 4 aromatic rings. The van der Waals surface area contributed by atoms with Crippen molar-refractivity contribution in [3.63, 3.8) is 0 Å². The molecule has 0 fully saturated rings. The van der Waals surface area contributed by atoms with Crippen molar-refractivity contribution in [2.75, 3.05) is 0 Å². The number of para-hydroxylation sites is 2. The van der Waals surface area contributed by atoms with Crippen LogP contribution in [0.4, 0.5) is 0 Å². The molecule has 0 bridgehead atoms. The Morgan fingerprint density at radius 3 is 2.07 bits per heavy atom. The number of hydrogen-bond acceptors (Lipinski definition) is 2. The molecule has 4 rings (SSSR count). The van der Waals surface area contributed by atoms with Crippen molar-refractivity contribution < 1.29 is 10.2 Å². The van der Waals surface area contributed by atoms with Gasteiger partial charge in [0.2, 0.25) is 0 Å². The van der Waals surface area contributed by atoms with Crippen molar-refractivity contribution in [1.29, 1.82) is 0 Å². The molecule has 0 spiro atoms. The normalized spacial score (nSPS) is 14.6. The molecule has 1 unspecified atom stereocenters. The van der Waals surface area contributed by atoms with Gasteiger partial charge in [0.25, 0.3) is 0 Å². The van der Waals surface area contributed by atoms with Gasteiger partial charge in [-0.05, 0) is 50.6 Å². The summed E-state index contributed by atoms with van der Waals surface area (Å²) in [4.78, 5) is 0. The van der Waals surface area contributed by atoms with Crippen molar-refractivity contribution in [3.8, 4) is 5.69 Å². The molecule has 3 nitrogen and oxygen atoms in total. The molecule has 0 aliphatic rings. The van der Waals surface area contributed by atoms with Gasteiger partial charge in [0.1, 0.15) is 0 Å². The molecule has 1 aromatic heterocycles. The van der Waals surface area contributed by atoms with Crippen LogP contribution in [0.25, 0.3) is 27.5 Å². The molecule has 3 aromatic carbocycles. The highest BCUT2D eigenvalue weighted by molar-refractivity contribution is 6.10. The molecule has 0 radical (unpaired) electrons. The van der Waals surface area contributed by atoms with Crippen LogP contribution in [0.15, 0.2) is 72.8 Å². The highest BCUT2D eigenvalue weighted by Crippen LogP contribution is 2.36. The fourth-order valence-electron chi connectivity index (χ4n) is 3.68. The van der Waals surface area contributed by atoms with Crippen LogP contribution >= 0.6 is 0 Å². The molecule has 27 heavy (non-hydrogen) atoms. The van der Waals surface area contributed by atoms with Crippen LogP contribution in [0.2, 0.25) is 0 Å². The molecule has 0 amide bonds. The van der Waals surface area contributed by atoms with E-state index in [4.69, 9.17) is 0 Å². The lowest BCUT2D eigenvalue weighted by molar-refractivity contribution is -0.118. The Labute approximate surface area is 159 Å². The molecule has 0 saturated carbocycles. The zero-order valence-electron chi connectivity index (χ0n) is 16.0. The molecule has 1 heterocycles. The van der Waals surface area contributed by atoms with Gasteiger partial charge in [0.05, 0.1) is 22.2 Å². The molecule has 2 N–H and O–H groups in total. The van der Waals surface area contributed by atoms with Gasteiger partial charge in [-0.25, -0.2) is 0 Å². The van der Waals surface area contributed by atoms with E-state index in [2.05, 4.69) is 34.9 Å². The molecular formula is C24H25NO2. The number of benzene rings is 3. The van der Waals surface area contributed by atoms with E-state index >= 15 is 0 Å². The summed E-state index contributed by atoms with van der Waals surface area (Å²) in [6, 6.07) is 24.8. The summed E-state index contributed by atoms with van der Waals surface area (Å²) < 4.78 is 2.26. The van der Waals surface area contributed by atoms with Crippen LogP contribution in [0.5, 0.6) is 0 Å². The fourth-order valence-corrected chi connectivity index (χ4v) is 3.68. The standard InChI is InChI=1S/C24H25NO2/c1-23(2,26)24(3,27)16-17-10-9-15-21-22(17)19-13-7-8-14-20(19)25(21)18-11-5-4-6-12-18/h4-15,26-27H,16H2,1-3H3. The molecule has 1 atom stereocenters. The van der Waals surface area contributed by atoms with Gasteiger partial charge in [-0.1, -0.05) is 48.5 Å². The maximum Gasteiger partial charge on any atom is 0.0940 e. The molecule has 0 aliphatic heterocycles. The lowest BCUT2D eigenvalue weighted by Crippen LogP contribution is -2.49. The molecule has 3 heteroatoms. The van der Waals surface area contributed by atoms with Crippen molar-refractivity contribution in [1.82, 2.24) is 4.57 Å². The summed E-state index contributed by atoms with van der Waals surface area (Å²) in [6.07, 6.45) is 0.372. The first-order valence-corrected chi connectivity index (χ1v) is 9.31. The molecular weight excluding hydrogens is 334 g/mol. The summed E-state index contributed by atoms with van der Waals surface area (Å²) in [7, 11) is 0. The molecule has 0 aliphatic carbocycles. The largest absolute Gasteiger partial charge is 0.387 e. The van der Waals surface area contributed by atoms with E-state index in [1.165, 1.54) is 0 Å². The zero-order chi connectivity index (χ0) is 19.2. The van der Waals surface area contributed by atoms with Crippen molar-refractivity contribution >= 4 is 21.8 Å². The number of nitrogens with zero attached hydrogens (tertiary/aromatic N) is 1. The maximum atomic E-state index is 10.9. The minimum atomic E-state index is -1.24. The van der Waals surface area contributed by atoms with Gasteiger partial charge < -0.3 is 14.8 Å². The lowest BCUT2D eigenvalue weighted by Gasteiger charge is -2.36. The van der Waals surface area contributed by atoms with E-state index < -0.39 is 11.2 Å². The second-order valence-electron chi connectivity index (χ2n) is 8.01. The van der Waals surface area contributed by atoms with Crippen LogP contribution in [0.1, 0.15) is 26.3 Å². The van der Waals surface area contributed by atoms with Gasteiger partial charge >= 0.3 is 0 Å². The Bertz CT molecular complexity index is 1100. The van der Waals surface area contributed by atoms with Crippen LogP contribution in [0, 0.1) is 0 Å². The first-order valence-electron chi connectivity index (χ1n) is 9.31. The third-order valence-corrected chi connectivity index (χ3v) is 5.65. The summed E-state index contributed by atoms with van der Waals surface area (Å²) >= 11 is 0. The average Bonchev–Trinajstić information content (AvgIpc) is 2.96. The van der Waals surface area contributed by atoms with Crippen molar-refractivity contribution in [2.45, 2.75) is 38.4 Å². The Hall–Kier alpha value is -2.62. The van der Waals surface area contributed by atoms with E-state index in [1.807, 2.05) is 42.5 Å². The second-order valence-corrected chi connectivity index (χ2v) is 8.01. The first-order chi connectivity index (χ1) is 12.8. The van der Waals surface area contributed by atoms with Crippen LogP contribution < -0.4 is 0 Å². The third-order valence-electron chi connectivity index (χ3n) is 5.65. The number of rotatable bonds is 4. The highest BCUT2D eigenvalue weighted by atomic mass is 16.3. The Morgan fingerprint density at radius 1 is 0.741 bits per heavy atom. The number of aromatic nitrogens is 1. The minimum absolute atomic E-state index is 0.372. The second kappa shape index (κ2) is 6.22. The van der Waals surface area contributed by atoms with Crippen molar-refractivity contribution in [3.05, 3.63) is 78.4 Å². The molecule has 0 saturated heterocycles. The Morgan fingerprint density at radius 2 is 1.37 bits per heavy atom. The van der Waals surface area contributed by atoms with E-state index in [0.717, 1.165) is 33.1 Å². The number of fused-ring (bicyclic) bond motifs is 3. The first kappa shape index (κ1) is 17.8. The summed E-state index contributed by atoms with van der Waals surface area (Å²) in [5, 5.41) is 23.6. The Kier molecular flexibility index (Phi) is 4.10. The van der Waals surface area contributed by atoms with Crippen LogP contribution in [0.3, 0.4) is 0 Å². The van der Waals surface area contributed by atoms with E-state index in [-0.39, 0.29) is 0 Å². The zero-order valence-corrected chi connectivity index (χ0v) is 16.0. The summed E-state index contributed by atoms with van der Waals surface area (Å²) in [6.45, 7) is 5.00. The van der Waals surface area contributed by atoms with Gasteiger partial charge in [-0.3, -0.25) is 0 Å². The van der Waals surface area contributed by atoms with Gasteiger partial charge in [0.15, 0.2) is 0 Å². The Balaban J connectivity index is 2.02. The third kappa shape index (κ3) is 2.93. The fraction of sp³-hybridized carbons (Fsp3) is 0.250. The molecule has 138 valence electrons.